The van der Waals surface area contributed by atoms with Crippen LogP contribution in [0.4, 0.5) is 11.4 Å². The van der Waals surface area contributed by atoms with Gasteiger partial charge in [-0.15, -0.1) is 0 Å². The molecule has 5 nitrogen and oxygen atoms in total. The number of hydrogen-bond donors (Lipinski definition) is 2. The van der Waals surface area contributed by atoms with E-state index in [0.717, 1.165) is 83.4 Å². The SMILES string of the molecule is Nc1ccc2c(c1)oc1cc(Cc3ccc4oc5cc(-c6ccc7oc8ccccc8c7c6N)ccc5c4c3)ccc12. The Hall–Kier alpha value is -5.68. The Morgan fingerprint density at radius 2 is 1.10 bits per heavy atom. The Kier molecular flexibility index (Phi) is 4.62. The molecule has 0 spiro atoms. The zero-order chi connectivity index (χ0) is 27.9. The minimum Gasteiger partial charge on any atom is -0.456 e. The molecule has 0 aliphatic carbocycles. The summed E-state index contributed by atoms with van der Waals surface area (Å²) in [6, 6.07) is 37.0. The van der Waals surface area contributed by atoms with Gasteiger partial charge in [-0.1, -0.05) is 42.5 Å². The van der Waals surface area contributed by atoms with Gasteiger partial charge in [0.2, 0.25) is 0 Å². The van der Waals surface area contributed by atoms with Crippen LogP contribution in [0.15, 0.2) is 122 Å². The number of para-hydroxylation sites is 1. The van der Waals surface area contributed by atoms with Crippen molar-refractivity contribution in [2.24, 2.45) is 0 Å². The van der Waals surface area contributed by atoms with Crippen molar-refractivity contribution in [1.29, 1.82) is 0 Å². The van der Waals surface area contributed by atoms with Crippen molar-refractivity contribution in [2.75, 3.05) is 11.5 Å². The Labute approximate surface area is 239 Å². The fraction of sp³-hybridized carbons (Fsp3) is 0.0270. The molecular formula is C37H24N2O3. The van der Waals surface area contributed by atoms with Gasteiger partial charge >= 0.3 is 0 Å². The molecule has 200 valence electrons. The van der Waals surface area contributed by atoms with Gasteiger partial charge in [0.05, 0.1) is 11.1 Å². The molecule has 0 amide bonds. The van der Waals surface area contributed by atoms with E-state index >= 15 is 0 Å². The quantitative estimate of drug-likeness (QED) is 0.216. The number of rotatable bonds is 3. The molecule has 9 rings (SSSR count). The molecular weight excluding hydrogens is 520 g/mol. The smallest absolute Gasteiger partial charge is 0.137 e. The van der Waals surface area contributed by atoms with Crippen LogP contribution < -0.4 is 11.5 Å². The van der Waals surface area contributed by atoms with Crippen LogP contribution in [-0.2, 0) is 6.42 Å². The average Bonchev–Trinajstić information content (AvgIpc) is 3.67. The number of nitrogens with two attached hydrogens (primary N) is 2. The van der Waals surface area contributed by atoms with E-state index in [1.807, 2.05) is 54.6 Å². The highest BCUT2D eigenvalue weighted by atomic mass is 16.3. The summed E-state index contributed by atoms with van der Waals surface area (Å²) in [6.45, 7) is 0. The third-order valence-electron chi connectivity index (χ3n) is 8.40. The van der Waals surface area contributed by atoms with Crippen LogP contribution in [0.5, 0.6) is 0 Å². The molecule has 0 aliphatic heterocycles. The molecule has 0 radical (unpaired) electrons. The van der Waals surface area contributed by atoms with E-state index in [9.17, 15) is 0 Å². The highest BCUT2D eigenvalue weighted by Crippen LogP contribution is 2.40. The highest BCUT2D eigenvalue weighted by Gasteiger charge is 2.16. The number of benzene rings is 6. The molecule has 6 aromatic carbocycles. The lowest BCUT2D eigenvalue weighted by atomic mass is 9.98. The normalized spacial score (nSPS) is 12.1. The maximum absolute atomic E-state index is 6.73. The van der Waals surface area contributed by atoms with Crippen LogP contribution in [0.1, 0.15) is 11.1 Å². The Bertz CT molecular complexity index is 2530. The second-order valence-corrected chi connectivity index (χ2v) is 11.0. The first kappa shape index (κ1) is 23.1. The topological polar surface area (TPSA) is 91.5 Å². The number of fused-ring (bicyclic) bond motifs is 9. The summed E-state index contributed by atoms with van der Waals surface area (Å²) in [5.74, 6) is 0. The van der Waals surface area contributed by atoms with Crippen LogP contribution in [0.2, 0.25) is 0 Å². The van der Waals surface area contributed by atoms with Crippen molar-refractivity contribution in [1.82, 2.24) is 0 Å². The highest BCUT2D eigenvalue weighted by molar-refractivity contribution is 6.15. The van der Waals surface area contributed by atoms with Gasteiger partial charge in [-0.25, -0.2) is 0 Å². The van der Waals surface area contributed by atoms with Gasteiger partial charge in [0, 0.05) is 44.2 Å². The molecule has 0 fully saturated rings. The van der Waals surface area contributed by atoms with Gasteiger partial charge in [-0.3, -0.25) is 0 Å². The fourth-order valence-electron chi connectivity index (χ4n) is 6.38. The van der Waals surface area contributed by atoms with E-state index in [1.54, 1.807) is 0 Å². The van der Waals surface area contributed by atoms with E-state index < -0.39 is 0 Å². The molecule has 0 saturated heterocycles. The number of anilines is 2. The van der Waals surface area contributed by atoms with Crippen molar-refractivity contribution < 1.29 is 13.3 Å². The second kappa shape index (κ2) is 8.41. The minimum atomic E-state index is 0.700. The molecule has 3 aromatic heterocycles. The van der Waals surface area contributed by atoms with Gasteiger partial charge in [0.1, 0.15) is 33.5 Å². The van der Waals surface area contributed by atoms with Crippen molar-refractivity contribution in [3.05, 3.63) is 120 Å². The van der Waals surface area contributed by atoms with E-state index in [1.165, 1.54) is 11.1 Å². The Morgan fingerprint density at radius 1 is 0.452 bits per heavy atom. The first-order chi connectivity index (χ1) is 20.6. The standard InChI is InChI=1S/C37H24N2O3/c38-23-8-11-26-25-9-5-21(17-33(25)42-35(26)19-23)15-20-6-13-31-29(16-20)27-10-7-22(18-34(27)41-31)24-12-14-32-36(37(24)39)28-3-1-2-4-30(28)40-32/h1-14,16-19H,15,38-39H2. The van der Waals surface area contributed by atoms with Crippen molar-refractivity contribution >= 4 is 77.2 Å². The molecule has 42 heavy (non-hydrogen) atoms. The van der Waals surface area contributed by atoms with Gasteiger partial charge in [0.25, 0.3) is 0 Å². The summed E-state index contributed by atoms with van der Waals surface area (Å²) in [5, 5.41) is 6.32. The number of nitrogen functional groups attached to an aromatic ring is 2. The number of hydrogen-bond acceptors (Lipinski definition) is 5. The lowest BCUT2D eigenvalue weighted by Crippen LogP contribution is -1.91. The van der Waals surface area contributed by atoms with Crippen LogP contribution in [0.3, 0.4) is 0 Å². The zero-order valence-electron chi connectivity index (χ0n) is 22.5. The van der Waals surface area contributed by atoms with Gasteiger partial charge < -0.3 is 24.7 Å². The Balaban J connectivity index is 1.09. The molecule has 0 unspecified atom stereocenters. The predicted octanol–water partition coefficient (Wildman–Crippen LogP) is 9.81. The van der Waals surface area contributed by atoms with Crippen LogP contribution >= 0.6 is 0 Å². The molecule has 0 atom stereocenters. The van der Waals surface area contributed by atoms with Crippen LogP contribution in [-0.4, -0.2) is 0 Å². The van der Waals surface area contributed by atoms with E-state index in [2.05, 4.69) is 54.6 Å². The molecule has 0 aliphatic rings. The summed E-state index contributed by atoms with van der Waals surface area (Å²) in [5.41, 5.74) is 23.5. The molecule has 0 bridgehead atoms. The average molecular weight is 545 g/mol. The first-order valence-electron chi connectivity index (χ1n) is 13.9. The monoisotopic (exact) mass is 544 g/mol. The van der Waals surface area contributed by atoms with E-state index in [-0.39, 0.29) is 0 Å². The van der Waals surface area contributed by atoms with Crippen molar-refractivity contribution in [3.8, 4) is 11.1 Å². The van der Waals surface area contributed by atoms with E-state index in [4.69, 9.17) is 24.7 Å². The minimum absolute atomic E-state index is 0.700. The van der Waals surface area contributed by atoms with Crippen molar-refractivity contribution in [3.63, 3.8) is 0 Å². The summed E-state index contributed by atoms with van der Waals surface area (Å²) >= 11 is 0. The molecule has 5 heteroatoms. The molecule has 0 saturated carbocycles. The first-order valence-corrected chi connectivity index (χ1v) is 13.9. The van der Waals surface area contributed by atoms with Crippen LogP contribution in [0, 0.1) is 0 Å². The predicted molar refractivity (Wildman–Crippen MR) is 172 cm³/mol. The van der Waals surface area contributed by atoms with Gasteiger partial charge in [-0.2, -0.15) is 0 Å². The summed E-state index contributed by atoms with van der Waals surface area (Å²) < 4.78 is 18.5. The summed E-state index contributed by atoms with van der Waals surface area (Å²) in [6.07, 6.45) is 0.783. The zero-order valence-corrected chi connectivity index (χ0v) is 22.5. The third kappa shape index (κ3) is 3.37. The lowest BCUT2D eigenvalue weighted by molar-refractivity contribution is 0.668. The summed E-state index contributed by atoms with van der Waals surface area (Å²) in [7, 11) is 0. The molecule has 9 aromatic rings. The molecule has 4 N–H and O–H groups in total. The van der Waals surface area contributed by atoms with E-state index in [0.29, 0.717) is 11.4 Å². The fourth-order valence-corrected chi connectivity index (χ4v) is 6.38. The molecule has 3 heterocycles. The largest absolute Gasteiger partial charge is 0.456 e. The third-order valence-corrected chi connectivity index (χ3v) is 8.40. The second-order valence-electron chi connectivity index (χ2n) is 11.0. The van der Waals surface area contributed by atoms with Crippen LogP contribution in [0.25, 0.3) is 76.9 Å². The Morgan fingerprint density at radius 3 is 2.02 bits per heavy atom. The maximum Gasteiger partial charge on any atom is 0.137 e. The van der Waals surface area contributed by atoms with Crippen molar-refractivity contribution in [2.45, 2.75) is 6.42 Å². The lowest BCUT2D eigenvalue weighted by Gasteiger charge is -2.07. The van der Waals surface area contributed by atoms with Gasteiger partial charge in [0.15, 0.2) is 0 Å². The number of furan rings is 3. The summed E-state index contributed by atoms with van der Waals surface area (Å²) in [4.78, 5) is 0. The maximum atomic E-state index is 6.73. The van der Waals surface area contributed by atoms with Gasteiger partial charge in [-0.05, 0) is 83.8 Å².